The highest BCUT2D eigenvalue weighted by Crippen LogP contribution is 2.28. The summed E-state index contributed by atoms with van der Waals surface area (Å²) in [6.07, 6.45) is 4.24. The van der Waals surface area contributed by atoms with E-state index in [-0.39, 0.29) is 0 Å². The molecule has 1 saturated carbocycles. The lowest BCUT2D eigenvalue weighted by Gasteiger charge is -2.32. The maximum Gasteiger partial charge on any atom is 0.123 e. The first-order valence-corrected chi connectivity index (χ1v) is 8.35. The van der Waals surface area contributed by atoms with Gasteiger partial charge in [-0.15, -0.1) is 0 Å². The standard InChI is InChI=1S/C18H30N2O/c1-4-19-12-16-9-10-18(21-3)17(11-16)14-20(5-2)13-15-7-6-8-15/h9-11,15,19H,4-8,12-14H2,1-3H3. The lowest BCUT2D eigenvalue weighted by molar-refractivity contribution is 0.177. The second-order valence-electron chi connectivity index (χ2n) is 6.05. The summed E-state index contributed by atoms with van der Waals surface area (Å²) in [6, 6.07) is 6.57. The van der Waals surface area contributed by atoms with Crippen LogP contribution in [0.25, 0.3) is 0 Å². The van der Waals surface area contributed by atoms with Gasteiger partial charge < -0.3 is 10.1 Å². The topological polar surface area (TPSA) is 24.5 Å². The minimum atomic E-state index is 0.917. The Morgan fingerprint density at radius 3 is 2.67 bits per heavy atom. The van der Waals surface area contributed by atoms with Crippen molar-refractivity contribution in [1.82, 2.24) is 10.2 Å². The van der Waals surface area contributed by atoms with Gasteiger partial charge in [0.2, 0.25) is 0 Å². The Labute approximate surface area is 129 Å². The third-order valence-electron chi connectivity index (χ3n) is 4.51. The summed E-state index contributed by atoms with van der Waals surface area (Å²) in [5.41, 5.74) is 2.65. The molecule has 3 heteroatoms. The van der Waals surface area contributed by atoms with E-state index >= 15 is 0 Å². The highest BCUT2D eigenvalue weighted by molar-refractivity contribution is 5.37. The van der Waals surface area contributed by atoms with Crippen molar-refractivity contribution in [1.29, 1.82) is 0 Å². The lowest BCUT2D eigenvalue weighted by atomic mass is 9.85. The van der Waals surface area contributed by atoms with Crippen molar-refractivity contribution in [2.45, 2.75) is 46.2 Å². The molecular weight excluding hydrogens is 260 g/mol. The maximum atomic E-state index is 5.55. The fourth-order valence-electron chi connectivity index (χ4n) is 2.92. The van der Waals surface area contributed by atoms with Gasteiger partial charge >= 0.3 is 0 Å². The molecule has 0 aromatic heterocycles. The molecule has 1 N–H and O–H groups in total. The van der Waals surface area contributed by atoms with Crippen LogP contribution < -0.4 is 10.1 Å². The Kier molecular flexibility index (Phi) is 6.52. The van der Waals surface area contributed by atoms with Crippen LogP contribution in [0.4, 0.5) is 0 Å². The number of benzene rings is 1. The molecule has 0 aliphatic heterocycles. The van der Waals surface area contributed by atoms with Gasteiger partial charge in [0, 0.05) is 25.2 Å². The molecule has 3 nitrogen and oxygen atoms in total. The summed E-state index contributed by atoms with van der Waals surface area (Å²) < 4.78 is 5.55. The predicted octanol–water partition coefficient (Wildman–Crippen LogP) is 3.43. The average Bonchev–Trinajstić information content (AvgIpc) is 2.47. The number of nitrogens with zero attached hydrogens (tertiary/aromatic N) is 1. The molecule has 1 aromatic carbocycles. The van der Waals surface area contributed by atoms with E-state index in [1.54, 1.807) is 7.11 Å². The number of rotatable bonds is 9. The van der Waals surface area contributed by atoms with Crippen molar-refractivity contribution in [3.8, 4) is 5.75 Å². The summed E-state index contributed by atoms with van der Waals surface area (Å²) in [5, 5.41) is 3.39. The van der Waals surface area contributed by atoms with Crippen LogP contribution in [0.3, 0.4) is 0 Å². The van der Waals surface area contributed by atoms with Gasteiger partial charge in [0.1, 0.15) is 5.75 Å². The first kappa shape index (κ1) is 16.3. The zero-order valence-electron chi connectivity index (χ0n) is 13.8. The van der Waals surface area contributed by atoms with Crippen LogP contribution in [-0.2, 0) is 13.1 Å². The lowest BCUT2D eigenvalue weighted by Crippen LogP contribution is -2.32. The number of nitrogens with one attached hydrogen (secondary N) is 1. The van der Waals surface area contributed by atoms with Gasteiger partial charge in [-0.1, -0.05) is 26.3 Å². The van der Waals surface area contributed by atoms with Gasteiger partial charge in [0.25, 0.3) is 0 Å². The second kappa shape index (κ2) is 8.40. The first-order valence-electron chi connectivity index (χ1n) is 8.35. The predicted molar refractivity (Wildman–Crippen MR) is 88.7 cm³/mol. The number of methoxy groups -OCH3 is 1. The SMILES string of the molecule is CCNCc1ccc(OC)c(CN(CC)CC2CCC2)c1. The van der Waals surface area contributed by atoms with E-state index in [0.29, 0.717) is 0 Å². The monoisotopic (exact) mass is 290 g/mol. The molecule has 0 amide bonds. The molecule has 0 saturated heterocycles. The molecule has 2 rings (SSSR count). The van der Waals surface area contributed by atoms with E-state index in [1.807, 2.05) is 0 Å². The maximum absolute atomic E-state index is 5.55. The van der Waals surface area contributed by atoms with Crippen molar-refractivity contribution < 1.29 is 4.74 Å². The number of hydrogen-bond donors (Lipinski definition) is 1. The summed E-state index contributed by atoms with van der Waals surface area (Å²) in [4.78, 5) is 2.55. The fraction of sp³-hybridized carbons (Fsp3) is 0.667. The highest BCUT2D eigenvalue weighted by atomic mass is 16.5. The third-order valence-corrected chi connectivity index (χ3v) is 4.51. The first-order chi connectivity index (χ1) is 10.3. The molecule has 0 heterocycles. The van der Waals surface area contributed by atoms with Gasteiger partial charge in [0.15, 0.2) is 0 Å². The average molecular weight is 290 g/mol. The van der Waals surface area contributed by atoms with Crippen molar-refractivity contribution in [2.75, 3.05) is 26.7 Å². The number of ether oxygens (including phenoxy) is 1. The minimum Gasteiger partial charge on any atom is -0.496 e. The molecular formula is C18H30N2O. The zero-order chi connectivity index (χ0) is 15.1. The van der Waals surface area contributed by atoms with Crippen molar-refractivity contribution >= 4 is 0 Å². The summed E-state index contributed by atoms with van der Waals surface area (Å²) >= 11 is 0. The minimum absolute atomic E-state index is 0.917. The van der Waals surface area contributed by atoms with E-state index in [1.165, 1.54) is 36.9 Å². The molecule has 0 unspecified atom stereocenters. The fourth-order valence-corrected chi connectivity index (χ4v) is 2.92. The van der Waals surface area contributed by atoms with Crippen molar-refractivity contribution in [2.24, 2.45) is 5.92 Å². The molecule has 118 valence electrons. The van der Waals surface area contributed by atoms with Crippen LogP contribution in [0.15, 0.2) is 18.2 Å². The third kappa shape index (κ3) is 4.72. The Balaban J connectivity index is 2.03. The summed E-state index contributed by atoms with van der Waals surface area (Å²) in [5.74, 6) is 1.93. The molecule has 1 fully saturated rings. The normalized spacial score (nSPS) is 15.2. The Morgan fingerprint density at radius 2 is 2.10 bits per heavy atom. The Bertz CT molecular complexity index is 429. The molecule has 1 aromatic rings. The van der Waals surface area contributed by atoms with Crippen LogP contribution in [0.1, 0.15) is 44.2 Å². The summed E-state index contributed by atoms with van der Waals surface area (Å²) in [7, 11) is 1.77. The zero-order valence-corrected chi connectivity index (χ0v) is 13.8. The Hall–Kier alpha value is -1.06. The van der Waals surface area contributed by atoms with Crippen LogP contribution in [0.2, 0.25) is 0 Å². The molecule has 0 radical (unpaired) electrons. The van der Waals surface area contributed by atoms with Crippen LogP contribution in [0, 0.1) is 5.92 Å². The quantitative estimate of drug-likeness (QED) is 0.754. The van der Waals surface area contributed by atoms with E-state index in [2.05, 4.69) is 42.3 Å². The van der Waals surface area contributed by atoms with Crippen molar-refractivity contribution in [3.05, 3.63) is 29.3 Å². The second-order valence-corrected chi connectivity index (χ2v) is 6.05. The smallest absolute Gasteiger partial charge is 0.123 e. The van der Waals surface area contributed by atoms with E-state index in [4.69, 9.17) is 4.74 Å². The molecule has 0 spiro atoms. The Morgan fingerprint density at radius 1 is 1.29 bits per heavy atom. The van der Waals surface area contributed by atoms with Gasteiger partial charge in [-0.3, -0.25) is 4.90 Å². The summed E-state index contributed by atoms with van der Waals surface area (Å²) in [6.45, 7) is 9.67. The molecule has 0 atom stereocenters. The van der Waals surface area contributed by atoms with Gasteiger partial charge in [-0.2, -0.15) is 0 Å². The molecule has 1 aliphatic rings. The van der Waals surface area contributed by atoms with Crippen LogP contribution in [-0.4, -0.2) is 31.6 Å². The van der Waals surface area contributed by atoms with E-state index in [9.17, 15) is 0 Å². The van der Waals surface area contributed by atoms with Gasteiger partial charge in [-0.25, -0.2) is 0 Å². The highest BCUT2D eigenvalue weighted by Gasteiger charge is 2.20. The van der Waals surface area contributed by atoms with Crippen LogP contribution >= 0.6 is 0 Å². The molecule has 21 heavy (non-hydrogen) atoms. The van der Waals surface area contributed by atoms with Gasteiger partial charge in [-0.05, 0) is 49.5 Å². The molecule has 1 aliphatic carbocycles. The molecule has 0 bridgehead atoms. The van der Waals surface area contributed by atoms with Crippen LogP contribution in [0.5, 0.6) is 5.75 Å². The van der Waals surface area contributed by atoms with Crippen molar-refractivity contribution in [3.63, 3.8) is 0 Å². The largest absolute Gasteiger partial charge is 0.496 e. The van der Waals surface area contributed by atoms with Gasteiger partial charge in [0.05, 0.1) is 7.11 Å². The van der Waals surface area contributed by atoms with E-state index in [0.717, 1.165) is 37.8 Å². The van der Waals surface area contributed by atoms with E-state index < -0.39 is 0 Å². The number of hydrogen-bond acceptors (Lipinski definition) is 3.